The Kier molecular flexibility index (Phi) is 12.6. The molecule has 3 heterocycles. The summed E-state index contributed by atoms with van der Waals surface area (Å²) in [5.41, 5.74) is 7.02. The van der Waals surface area contributed by atoms with E-state index in [0.29, 0.717) is 6.54 Å². The second-order valence-corrected chi connectivity index (χ2v) is 10.1. The van der Waals surface area contributed by atoms with Gasteiger partial charge >= 0.3 is 6.03 Å². The summed E-state index contributed by atoms with van der Waals surface area (Å²) >= 11 is 0. The topological polar surface area (TPSA) is 54.0 Å². The number of hydrogen-bond acceptors (Lipinski definition) is 4. The Morgan fingerprint density at radius 2 is 1.50 bits per heavy atom. The Morgan fingerprint density at radius 3 is 2.05 bits per heavy atom. The smallest absolute Gasteiger partial charge is 0.322 e. The zero-order valence-electron chi connectivity index (χ0n) is 26.9. The van der Waals surface area contributed by atoms with Crippen LogP contribution in [-0.4, -0.2) is 48.7 Å². The fourth-order valence-corrected chi connectivity index (χ4v) is 6.08. The molecule has 40 heavy (non-hydrogen) atoms. The number of amides is 2. The maximum Gasteiger partial charge on any atom is 0.322 e. The predicted molar refractivity (Wildman–Crippen MR) is 167 cm³/mol. The molecule has 2 amide bonds. The highest BCUT2D eigenvalue weighted by molar-refractivity contribution is 5.82. The van der Waals surface area contributed by atoms with Gasteiger partial charge in [0.25, 0.3) is 0 Å². The van der Waals surface area contributed by atoms with Crippen molar-refractivity contribution in [2.75, 3.05) is 27.3 Å². The lowest BCUT2D eigenvalue weighted by atomic mass is 9.83. The van der Waals surface area contributed by atoms with E-state index < -0.39 is 0 Å². The largest absolute Gasteiger partial charge is 0.497 e. The van der Waals surface area contributed by atoms with Crippen molar-refractivity contribution in [1.29, 1.82) is 0 Å². The quantitative estimate of drug-likeness (QED) is 0.419. The normalized spacial score (nSPS) is 18.7. The molecule has 222 valence electrons. The van der Waals surface area contributed by atoms with E-state index in [4.69, 9.17) is 9.47 Å². The number of urea groups is 1. The van der Waals surface area contributed by atoms with E-state index in [1.165, 1.54) is 16.7 Å². The van der Waals surface area contributed by atoms with Crippen molar-refractivity contribution in [3.05, 3.63) is 69.9 Å². The number of hydrogen-bond donors (Lipinski definition) is 1. The van der Waals surface area contributed by atoms with E-state index in [-0.39, 0.29) is 17.5 Å². The predicted octanol–water partition coefficient (Wildman–Crippen LogP) is 7.96. The van der Waals surface area contributed by atoms with Crippen LogP contribution >= 0.6 is 0 Å². The van der Waals surface area contributed by atoms with E-state index in [1.807, 2.05) is 58.6 Å². The van der Waals surface area contributed by atoms with Crippen molar-refractivity contribution >= 4 is 6.03 Å². The molecule has 1 N–H and O–H groups in total. The molecule has 2 aromatic carbocycles. The van der Waals surface area contributed by atoms with Crippen LogP contribution in [0.1, 0.15) is 95.0 Å². The minimum atomic E-state index is -0.302. The SMILES string of the molecule is CC.CC.CC.COc1cc2c(c(OC)c1)C(C)C=C1N(C2)C(=O)NC12CCN(Cc1cc(C)cc(C)c1)CC2. The average Bonchev–Trinajstić information content (AvgIpc) is 3.10. The van der Waals surface area contributed by atoms with Gasteiger partial charge in [0.05, 0.1) is 26.3 Å². The zero-order valence-corrected chi connectivity index (χ0v) is 26.9. The molecule has 0 saturated carbocycles. The van der Waals surface area contributed by atoms with Gasteiger partial charge in [-0.1, -0.05) is 83.9 Å². The number of piperidine rings is 1. The van der Waals surface area contributed by atoms with Gasteiger partial charge in [0.2, 0.25) is 0 Å². The van der Waals surface area contributed by atoms with Crippen molar-refractivity contribution in [3.63, 3.8) is 0 Å². The number of likely N-dealkylation sites (tertiary alicyclic amines) is 1. The lowest BCUT2D eigenvalue weighted by molar-refractivity contribution is 0.160. The van der Waals surface area contributed by atoms with Gasteiger partial charge in [-0.05, 0) is 43.9 Å². The van der Waals surface area contributed by atoms with Crippen LogP contribution in [0.25, 0.3) is 0 Å². The molecule has 2 saturated heterocycles. The average molecular weight is 552 g/mol. The summed E-state index contributed by atoms with van der Waals surface area (Å²) in [5.74, 6) is 1.70. The van der Waals surface area contributed by atoms with Crippen LogP contribution in [0.15, 0.2) is 42.1 Å². The molecule has 0 aromatic heterocycles. The second-order valence-electron chi connectivity index (χ2n) is 10.1. The molecule has 1 atom stereocenters. The lowest BCUT2D eigenvalue weighted by Gasteiger charge is -2.40. The van der Waals surface area contributed by atoms with Crippen molar-refractivity contribution in [2.24, 2.45) is 0 Å². The first kappa shape index (κ1) is 33.2. The van der Waals surface area contributed by atoms with E-state index >= 15 is 0 Å². The summed E-state index contributed by atoms with van der Waals surface area (Å²) in [5, 5.41) is 3.38. The maximum absolute atomic E-state index is 13.2. The first-order chi connectivity index (χ1) is 19.3. The molecule has 2 aromatic rings. The summed E-state index contributed by atoms with van der Waals surface area (Å²) in [7, 11) is 3.36. The van der Waals surface area contributed by atoms with Crippen LogP contribution in [-0.2, 0) is 13.1 Å². The molecule has 6 nitrogen and oxygen atoms in total. The summed E-state index contributed by atoms with van der Waals surface area (Å²) in [6, 6.07) is 10.8. The Balaban J connectivity index is 0.000000876. The van der Waals surface area contributed by atoms with Gasteiger partial charge in [0, 0.05) is 42.9 Å². The number of methoxy groups -OCH3 is 2. The van der Waals surface area contributed by atoms with E-state index in [2.05, 4.69) is 55.3 Å². The number of aryl methyl sites for hydroxylation is 2. The minimum absolute atomic E-state index is 0.00385. The number of fused-ring (bicyclic) bond motifs is 3. The Bertz CT molecular complexity index is 1130. The maximum atomic E-state index is 13.2. The van der Waals surface area contributed by atoms with Crippen LogP contribution in [0.2, 0.25) is 0 Å². The monoisotopic (exact) mass is 551 g/mol. The highest BCUT2D eigenvalue weighted by Gasteiger charge is 2.49. The number of ether oxygens (including phenoxy) is 2. The first-order valence-electron chi connectivity index (χ1n) is 15.2. The van der Waals surface area contributed by atoms with E-state index in [1.54, 1.807) is 14.2 Å². The second kappa shape index (κ2) is 15.1. The molecule has 0 bridgehead atoms. The highest BCUT2D eigenvalue weighted by atomic mass is 16.5. The Hall–Kier alpha value is -2.99. The fourth-order valence-electron chi connectivity index (χ4n) is 6.08. The van der Waals surface area contributed by atoms with Crippen molar-refractivity contribution < 1.29 is 14.3 Å². The summed E-state index contributed by atoms with van der Waals surface area (Å²) in [6.07, 6.45) is 4.10. The van der Waals surface area contributed by atoms with Gasteiger partial charge in [-0.2, -0.15) is 0 Å². The molecule has 5 rings (SSSR count). The molecule has 1 spiro atoms. The van der Waals surface area contributed by atoms with Crippen LogP contribution in [0.4, 0.5) is 4.79 Å². The number of carbonyl (C=O) groups excluding carboxylic acids is 1. The third kappa shape index (κ3) is 7.01. The number of rotatable bonds is 4. The highest BCUT2D eigenvalue weighted by Crippen LogP contribution is 2.45. The summed E-state index contributed by atoms with van der Waals surface area (Å²) in [4.78, 5) is 17.6. The van der Waals surface area contributed by atoms with Gasteiger partial charge < -0.3 is 14.8 Å². The number of nitrogens with one attached hydrogen (secondary N) is 1. The molecular formula is C34H53N3O3. The third-order valence-corrected chi connectivity index (χ3v) is 7.62. The molecule has 3 aliphatic heterocycles. The molecular weight excluding hydrogens is 498 g/mol. The Morgan fingerprint density at radius 1 is 0.900 bits per heavy atom. The molecule has 6 heteroatoms. The Labute approximate surface area is 243 Å². The molecule has 2 fully saturated rings. The van der Waals surface area contributed by atoms with Gasteiger partial charge in [-0.25, -0.2) is 4.79 Å². The van der Waals surface area contributed by atoms with Crippen molar-refractivity contribution in [2.45, 2.75) is 99.7 Å². The van der Waals surface area contributed by atoms with Crippen molar-refractivity contribution in [3.8, 4) is 11.5 Å². The van der Waals surface area contributed by atoms with Gasteiger partial charge in [-0.3, -0.25) is 9.80 Å². The van der Waals surface area contributed by atoms with Gasteiger partial charge in [-0.15, -0.1) is 0 Å². The zero-order chi connectivity index (χ0) is 30.0. The number of nitrogens with zero attached hydrogens (tertiary/aromatic N) is 2. The fraction of sp³-hybridized carbons (Fsp3) is 0.559. The summed E-state index contributed by atoms with van der Waals surface area (Å²) in [6.45, 7) is 21.9. The van der Waals surface area contributed by atoms with E-state index in [9.17, 15) is 4.79 Å². The minimum Gasteiger partial charge on any atom is -0.497 e. The van der Waals surface area contributed by atoms with Crippen LogP contribution < -0.4 is 14.8 Å². The van der Waals surface area contributed by atoms with Crippen LogP contribution in [0.3, 0.4) is 0 Å². The third-order valence-electron chi connectivity index (χ3n) is 7.62. The lowest BCUT2D eigenvalue weighted by Crippen LogP contribution is -2.51. The van der Waals surface area contributed by atoms with Gasteiger partial charge in [0.15, 0.2) is 0 Å². The molecule has 0 aliphatic carbocycles. The number of carbonyl (C=O) groups is 1. The van der Waals surface area contributed by atoms with E-state index in [0.717, 1.165) is 60.8 Å². The molecule has 0 radical (unpaired) electrons. The number of allylic oxidation sites excluding steroid dienone is 1. The first-order valence-corrected chi connectivity index (χ1v) is 15.2. The molecule has 3 aliphatic rings. The standard InChI is InChI=1S/C28H35N3O3.3C2H6/c1-18-10-19(2)12-21(11-18)16-30-8-6-28(7-9-30)25-13-20(3)26-22(17-31(25)27(32)29-28)14-23(33-4)15-24(26)34-5;3*1-2/h10-15,20H,6-9,16-17H2,1-5H3,(H,29,32);3*1-2H3. The number of benzene rings is 2. The van der Waals surface area contributed by atoms with Gasteiger partial charge in [0.1, 0.15) is 11.5 Å². The summed E-state index contributed by atoms with van der Waals surface area (Å²) < 4.78 is 11.2. The van der Waals surface area contributed by atoms with Crippen LogP contribution in [0, 0.1) is 13.8 Å². The molecule has 1 unspecified atom stereocenters. The van der Waals surface area contributed by atoms with Crippen molar-refractivity contribution in [1.82, 2.24) is 15.1 Å². The van der Waals surface area contributed by atoms with Crippen LogP contribution in [0.5, 0.6) is 11.5 Å².